The molecule has 0 radical (unpaired) electrons. The van der Waals surface area contributed by atoms with Gasteiger partial charge in [-0.2, -0.15) is 0 Å². The van der Waals surface area contributed by atoms with E-state index in [-0.39, 0.29) is 16.9 Å². The normalized spacial score (nSPS) is 26.9. The molecule has 0 heterocycles. The molecule has 17 heavy (non-hydrogen) atoms. The van der Waals surface area contributed by atoms with E-state index in [9.17, 15) is 0 Å². The first-order valence-electron chi connectivity index (χ1n) is 6.62. The van der Waals surface area contributed by atoms with Crippen LogP contribution in [0.3, 0.4) is 0 Å². The number of allylic oxidation sites excluding steroid dienone is 1. The quantitative estimate of drug-likeness (QED) is 0.432. The van der Waals surface area contributed by atoms with E-state index >= 15 is 0 Å². The Kier molecular flexibility index (Phi) is 4.43. The van der Waals surface area contributed by atoms with E-state index in [4.69, 9.17) is 10.1 Å². The van der Waals surface area contributed by atoms with E-state index in [1.807, 2.05) is 0 Å². The molecule has 0 saturated heterocycles. The van der Waals surface area contributed by atoms with Crippen molar-refractivity contribution in [2.24, 2.45) is 16.7 Å². The third-order valence-corrected chi connectivity index (χ3v) is 3.66. The van der Waals surface area contributed by atoms with Crippen molar-refractivity contribution in [3.05, 3.63) is 11.6 Å². The minimum absolute atomic E-state index is 0.104. The van der Waals surface area contributed by atoms with E-state index in [2.05, 4.69) is 47.6 Å². The lowest BCUT2D eigenvalue weighted by atomic mass is 9.70. The molecule has 0 saturated carbocycles. The average molecular weight is 240 g/mol. The van der Waals surface area contributed by atoms with Gasteiger partial charge in [0.25, 0.3) is 0 Å². The largest absolute Gasteiger partial charge is 0.251 e. The Morgan fingerprint density at radius 3 is 2.24 bits per heavy atom. The van der Waals surface area contributed by atoms with Crippen LogP contribution < -0.4 is 0 Å². The second-order valence-corrected chi connectivity index (χ2v) is 7.64. The summed E-state index contributed by atoms with van der Waals surface area (Å²) in [5, 5.41) is 9.10. The molecule has 0 spiro atoms. The Labute approximate surface area is 106 Å². The highest BCUT2D eigenvalue weighted by atomic mass is 17.1. The first kappa shape index (κ1) is 14.7. The van der Waals surface area contributed by atoms with E-state index in [1.54, 1.807) is 0 Å². The summed E-state index contributed by atoms with van der Waals surface area (Å²) in [6, 6.07) is 0. The van der Waals surface area contributed by atoms with Crippen LogP contribution in [0.4, 0.5) is 0 Å². The van der Waals surface area contributed by atoms with Crippen LogP contribution in [0.15, 0.2) is 11.6 Å². The van der Waals surface area contributed by atoms with Crippen molar-refractivity contribution >= 4 is 0 Å². The Morgan fingerprint density at radius 2 is 1.82 bits per heavy atom. The molecule has 2 atom stereocenters. The van der Waals surface area contributed by atoms with Crippen LogP contribution in [-0.2, 0) is 4.89 Å². The van der Waals surface area contributed by atoms with Gasteiger partial charge in [0.1, 0.15) is 6.10 Å². The maximum absolute atomic E-state index is 9.10. The molecular formula is C15H28O2. The average Bonchev–Trinajstić information content (AvgIpc) is 2.14. The fraction of sp³-hybridized carbons (Fsp3) is 0.867. The predicted molar refractivity (Wildman–Crippen MR) is 71.8 cm³/mol. The van der Waals surface area contributed by atoms with E-state index in [1.165, 1.54) is 5.57 Å². The fourth-order valence-electron chi connectivity index (χ4n) is 2.55. The van der Waals surface area contributed by atoms with Gasteiger partial charge >= 0.3 is 0 Å². The zero-order valence-electron chi connectivity index (χ0n) is 12.2. The van der Waals surface area contributed by atoms with Crippen LogP contribution in [0.25, 0.3) is 0 Å². The molecule has 0 amide bonds. The lowest BCUT2D eigenvalue weighted by molar-refractivity contribution is -0.275. The van der Waals surface area contributed by atoms with Crippen molar-refractivity contribution in [3.63, 3.8) is 0 Å². The fourth-order valence-corrected chi connectivity index (χ4v) is 2.55. The van der Waals surface area contributed by atoms with Gasteiger partial charge in [0.2, 0.25) is 0 Å². The minimum atomic E-state index is -0.104. The molecule has 1 N–H and O–H groups in total. The first-order valence-corrected chi connectivity index (χ1v) is 6.62. The Balaban J connectivity index is 2.77. The van der Waals surface area contributed by atoms with Crippen molar-refractivity contribution in [1.82, 2.24) is 0 Å². The molecule has 100 valence electrons. The highest BCUT2D eigenvalue weighted by molar-refractivity contribution is 5.15. The second kappa shape index (κ2) is 5.11. The summed E-state index contributed by atoms with van der Waals surface area (Å²) >= 11 is 0. The summed E-state index contributed by atoms with van der Waals surface area (Å²) in [6.07, 6.45) is 5.21. The van der Waals surface area contributed by atoms with Gasteiger partial charge in [-0.05, 0) is 41.6 Å². The molecule has 1 aliphatic carbocycles. The van der Waals surface area contributed by atoms with E-state index in [0.29, 0.717) is 5.92 Å². The minimum Gasteiger partial charge on any atom is -0.251 e. The third-order valence-electron chi connectivity index (χ3n) is 3.66. The predicted octanol–water partition coefficient (Wildman–Crippen LogP) is 4.66. The monoisotopic (exact) mass is 240 g/mol. The van der Waals surface area contributed by atoms with Crippen LogP contribution in [0.5, 0.6) is 0 Å². The molecule has 0 fully saturated rings. The van der Waals surface area contributed by atoms with Crippen molar-refractivity contribution < 1.29 is 10.1 Å². The molecule has 0 aromatic rings. The molecule has 2 nitrogen and oxygen atoms in total. The van der Waals surface area contributed by atoms with Crippen molar-refractivity contribution in [3.8, 4) is 0 Å². The van der Waals surface area contributed by atoms with Crippen LogP contribution in [-0.4, -0.2) is 11.4 Å². The summed E-state index contributed by atoms with van der Waals surface area (Å²) in [5.41, 5.74) is 1.79. The van der Waals surface area contributed by atoms with Crippen LogP contribution in [0, 0.1) is 16.7 Å². The molecule has 2 heteroatoms. The molecule has 0 aliphatic heterocycles. The second-order valence-electron chi connectivity index (χ2n) is 7.64. The number of hydrogen-bond donors (Lipinski definition) is 1. The maximum Gasteiger partial charge on any atom is 0.114 e. The summed E-state index contributed by atoms with van der Waals surface area (Å²) in [5.74, 6) is 0.586. The molecule has 1 aliphatic rings. The van der Waals surface area contributed by atoms with Gasteiger partial charge in [0.15, 0.2) is 0 Å². The SMILES string of the molecule is CC(C)(C)CC1=CCC(C(C)(C)C)CC1OO. The molecule has 0 aromatic carbocycles. The molecular weight excluding hydrogens is 212 g/mol. The van der Waals surface area contributed by atoms with Gasteiger partial charge in [-0.15, -0.1) is 0 Å². The Hall–Kier alpha value is -0.340. The highest BCUT2D eigenvalue weighted by Crippen LogP contribution is 2.40. The van der Waals surface area contributed by atoms with Crippen molar-refractivity contribution in [2.45, 2.75) is 66.9 Å². The number of hydrogen-bond acceptors (Lipinski definition) is 2. The van der Waals surface area contributed by atoms with E-state index < -0.39 is 0 Å². The highest BCUT2D eigenvalue weighted by Gasteiger charge is 2.33. The van der Waals surface area contributed by atoms with Crippen molar-refractivity contribution in [2.75, 3.05) is 0 Å². The van der Waals surface area contributed by atoms with E-state index in [0.717, 1.165) is 19.3 Å². The van der Waals surface area contributed by atoms with Crippen LogP contribution in [0.2, 0.25) is 0 Å². The standard InChI is InChI=1S/C15H28O2/c1-14(2,3)10-11-7-8-12(15(4,5)6)9-13(11)17-16/h7,12-13,16H,8-10H2,1-6H3. The Morgan fingerprint density at radius 1 is 1.24 bits per heavy atom. The lowest BCUT2D eigenvalue weighted by Gasteiger charge is -2.37. The molecule has 0 bridgehead atoms. The molecule has 0 aromatic heterocycles. The smallest absolute Gasteiger partial charge is 0.114 e. The Bertz CT molecular complexity index is 278. The van der Waals surface area contributed by atoms with Crippen LogP contribution in [0.1, 0.15) is 60.8 Å². The van der Waals surface area contributed by atoms with Gasteiger partial charge in [0, 0.05) is 0 Å². The van der Waals surface area contributed by atoms with Gasteiger partial charge < -0.3 is 0 Å². The number of rotatable bonds is 2. The summed E-state index contributed by atoms with van der Waals surface area (Å²) < 4.78 is 0. The zero-order chi connectivity index (χ0) is 13.3. The van der Waals surface area contributed by atoms with Gasteiger partial charge in [-0.3, -0.25) is 5.26 Å². The van der Waals surface area contributed by atoms with Gasteiger partial charge in [0.05, 0.1) is 0 Å². The zero-order valence-corrected chi connectivity index (χ0v) is 12.2. The maximum atomic E-state index is 9.10. The summed E-state index contributed by atoms with van der Waals surface area (Å²) in [7, 11) is 0. The molecule has 1 rings (SSSR count). The van der Waals surface area contributed by atoms with Crippen molar-refractivity contribution in [1.29, 1.82) is 0 Å². The van der Waals surface area contributed by atoms with Gasteiger partial charge in [-0.25, -0.2) is 4.89 Å². The summed E-state index contributed by atoms with van der Waals surface area (Å²) in [4.78, 5) is 4.71. The first-order chi connectivity index (χ1) is 7.63. The molecule has 2 unspecified atom stereocenters. The third kappa shape index (κ3) is 4.44. The summed E-state index contributed by atoms with van der Waals surface area (Å²) in [6.45, 7) is 13.4. The lowest BCUT2D eigenvalue weighted by Crippen LogP contribution is -2.31. The van der Waals surface area contributed by atoms with Gasteiger partial charge in [-0.1, -0.05) is 47.6 Å². The topological polar surface area (TPSA) is 29.5 Å². The van der Waals surface area contributed by atoms with Crippen LogP contribution >= 0.6 is 0 Å².